The van der Waals surface area contributed by atoms with Crippen LogP contribution in [-0.2, 0) is 0 Å². The van der Waals surface area contributed by atoms with Gasteiger partial charge in [0.25, 0.3) is 5.91 Å². The molecule has 5 atom stereocenters. The number of carbonyl (C=O) groups excluding carboxylic acids is 1. The summed E-state index contributed by atoms with van der Waals surface area (Å²) in [5.74, 6) is 3.50. The Hall–Kier alpha value is -0.900. The Labute approximate surface area is 127 Å². The molecule has 20 heavy (non-hydrogen) atoms. The lowest BCUT2D eigenvalue weighted by Crippen LogP contribution is -2.42. The van der Waals surface area contributed by atoms with Crippen LogP contribution in [0.25, 0.3) is 0 Å². The third kappa shape index (κ3) is 2.00. The quantitative estimate of drug-likeness (QED) is 0.900. The second kappa shape index (κ2) is 4.83. The summed E-state index contributed by atoms with van der Waals surface area (Å²) < 4.78 is 0.856. The molecule has 1 aromatic heterocycles. The average Bonchev–Trinajstić information content (AvgIpc) is 3.10. The molecule has 5 unspecified atom stereocenters. The van der Waals surface area contributed by atoms with Gasteiger partial charge in [0, 0.05) is 22.9 Å². The minimum absolute atomic E-state index is 0.0332. The molecule has 4 rings (SSSR count). The Morgan fingerprint density at radius 2 is 2.05 bits per heavy atom. The number of hydrogen-bond donors (Lipinski definition) is 1. The number of aromatic nitrogens is 1. The predicted octanol–water partition coefficient (Wildman–Crippen LogP) is 3.40. The summed E-state index contributed by atoms with van der Waals surface area (Å²) in [7, 11) is 0. The molecule has 0 saturated heterocycles. The Balaban J connectivity index is 1.47. The normalized spacial score (nSPS) is 38.0. The van der Waals surface area contributed by atoms with E-state index in [1.54, 1.807) is 12.4 Å². The van der Waals surface area contributed by atoms with E-state index < -0.39 is 0 Å². The van der Waals surface area contributed by atoms with Gasteiger partial charge in [0.15, 0.2) is 0 Å². The fourth-order valence-electron chi connectivity index (χ4n) is 5.02. The molecule has 1 heterocycles. The van der Waals surface area contributed by atoms with E-state index in [0.29, 0.717) is 11.6 Å². The molecular formula is C16H19BrN2O. The van der Waals surface area contributed by atoms with Crippen molar-refractivity contribution >= 4 is 21.8 Å². The largest absolute Gasteiger partial charge is 0.349 e. The zero-order chi connectivity index (χ0) is 13.7. The summed E-state index contributed by atoms with van der Waals surface area (Å²) in [5, 5.41) is 3.27. The smallest absolute Gasteiger partial charge is 0.253 e. The SMILES string of the molecule is O=C(NC1CC2CC1C1CCCC21)c1cncc(Br)c1. The zero-order valence-corrected chi connectivity index (χ0v) is 13.0. The van der Waals surface area contributed by atoms with Gasteiger partial charge in [0.1, 0.15) is 0 Å². The Morgan fingerprint density at radius 1 is 1.20 bits per heavy atom. The zero-order valence-electron chi connectivity index (χ0n) is 11.4. The van der Waals surface area contributed by atoms with E-state index in [1.165, 1.54) is 32.1 Å². The van der Waals surface area contributed by atoms with Crippen LogP contribution in [0.5, 0.6) is 0 Å². The molecule has 0 aliphatic heterocycles. The summed E-state index contributed by atoms with van der Waals surface area (Å²) >= 11 is 3.37. The number of hydrogen-bond acceptors (Lipinski definition) is 2. The Bertz CT molecular complexity index is 547. The predicted molar refractivity (Wildman–Crippen MR) is 80.2 cm³/mol. The second-order valence-corrected chi connectivity index (χ2v) is 7.54. The Kier molecular flexibility index (Phi) is 3.09. The molecule has 1 amide bonds. The van der Waals surface area contributed by atoms with Crippen LogP contribution in [0.15, 0.2) is 22.9 Å². The number of nitrogens with zero attached hydrogens (tertiary/aromatic N) is 1. The summed E-state index contributed by atoms with van der Waals surface area (Å²) in [6.45, 7) is 0. The highest BCUT2D eigenvalue weighted by atomic mass is 79.9. The van der Waals surface area contributed by atoms with Crippen LogP contribution < -0.4 is 5.32 Å². The van der Waals surface area contributed by atoms with Gasteiger partial charge in [-0.3, -0.25) is 9.78 Å². The highest BCUT2D eigenvalue weighted by Gasteiger charge is 2.54. The first-order chi connectivity index (χ1) is 9.72. The molecule has 3 nitrogen and oxygen atoms in total. The highest BCUT2D eigenvalue weighted by molar-refractivity contribution is 9.10. The third-order valence-electron chi connectivity index (χ3n) is 5.71. The molecule has 106 valence electrons. The van der Waals surface area contributed by atoms with Crippen LogP contribution >= 0.6 is 15.9 Å². The van der Waals surface area contributed by atoms with E-state index in [4.69, 9.17) is 0 Å². The van der Waals surface area contributed by atoms with Crippen molar-refractivity contribution in [2.45, 2.75) is 38.1 Å². The Morgan fingerprint density at radius 3 is 2.90 bits per heavy atom. The lowest BCUT2D eigenvalue weighted by molar-refractivity contribution is 0.0900. The first kappa shape index (κ1) is 12.8. The minimum Gasteiger partial charge on any atom is -0.349 e. The highest BCUT2D eigenvalue weighted by Crippen LogP contribution is 2.58. The number of pyridine rings is 1. The van der Waals surface area contributed by atoms with Crippen LogP contribution in [0.3, 0.4) is 0 Å². The van der Waals surface area contributed by atoms with Crippen LogP contribution in [0.2, 0.25) is 0 Å². The van der Waals surface area contributed by atoms with Gasteiger partial charge in [0.05, 0.1) is 5.56 Å². The minimum atomic E-state index is 0.0332. The standard InChI is InChI=1S/C16H19BrN2O/c17-11-4-10(7-18-8-11)16(20)19-15-6-9-5-14(15)13-3-1-2-12(9)13/h4,7-9,12-15H,1-3,5-6H2,(H,19,20). The van der Waals surface area contributed by atoms with Crippen LogP contribution in [0, 0.1) is 23.7 Å². The topological polar surface area (TPSA) is 42.0 Å². The van der Waals surface area contributed by atoms with Gasteiger partial charge in [-0.25, -0.2) is 0 Å². The van der Waals surface area contributed by atoms with Crippen molar-refractivity contribution in [1.29, 1.82) is 0 Å². The first-order valence-electron chi connectivity index (χ1n) is 7.64. The van der Waals surface area contributed by atoms with Crippen molar-refractivity contribution in [3.63, 3.8) is 0 Å². The van der Waals surface area contributed by atoms with Gasteiger partial charge in [0.2, 0.25) is 0 Å². The molecule has 4 heteroatoms. The molecule has 1 aromatic rings. The van der Waals surface area contributed by atoms with Crippen molar-refractivity contribution in [1.82, 2.24) is 10.3 Å². The number of nitrogens with one attached hydrogen (secondary N) is 1. The summed E-state index contributed by atoms with van der Waals surface area (Å²) in [6.07, 6.45) is 10.1. The van der Waals surface area contributed by atoms with Crippen molar-refractivity contribution < 1.29 is 4.79 Å². The maximum absolute atomic E-state index is 12.3. The molecule has 0 aromatic carbocycles. The number of fused-ring (bicyclic) bond motifs is 5. The maximum atomic E-state index is 12.3. The molecule has 3 saturated carbocycles. The van der Waals surface area contributed by atoms with Crippen LogP contribution in [0.4, 0.5) is 0 Å². The van der Waals surface area contributed by atoms with Crippen LogP contribution in [0.1, 0.15) is 42.5 Å². The van der Waals surface area contributed by atoms with Crippen LogP contribution in [-0.4, -0.2) is 16.9 Å². The monoisotopic (exact) mass is 334 g/mol. The molecule has 3 aliphatic rings. The number of carbonyl (C=O) groups is 1. The van der Waals surface area contributed by atoms with Gasteiger partial charge in [-0.15, -0.1) is 0 Å². The fraction of sp³-hybridized carbons (Fsp3) is 0.625. The third-order valence-corrected chi connectivity index (χ3v) is 6.15. The van der Waals surface area contributed by atoms with E-state index in [0.717, 1.165) is 28.1 Å². The number of amides is 1. The summed E-state index contributed by atoms with van der Waals surface area (Å²) in [6, 6.07) is 2.24. The van der Waals surface area contributed by atoms with E-state index in [9.17, 15) is 4.79 Å². The van der Waals surface area contributed by atoms with Gasteiger partial charge < -0.3 is 5.32 Å². The second-order valence-electron chi connectivity index (χ2n) is 6.63. The van der Waals surface area contributed by atoms with E-state index in [2.05, 4.69) is 26.2 Å². The summed E-state index contributed by atoms with van der Waals surface area (Å²) in [4.78, 5) is 16.4. The molecule has 0 radical (unpaired) electrons. The van der Waals surface area contributed by atoms with Gasteiger partial charge >= 0.3 is 0 Å². The maximum Gasteiger partial charge on any atom is 0.253 e. The molecule has 3 fully saturated rings. The van der Waals surface area contributed by atoms with Crippen molar-refractivity contribution in [2.75, 3.05) is 0 Å². The molecular weight excluding hydrogens is 316 g/mol. The fourth-order valence-corrected chi connectivity index (χ4v) is 5.39. The van der Waals surface area contributed by atoms with Gasteiger partial charge in [-0.1, -0.05) is 6.42 Å². The molecule has 3 aliphatic carbocycles. The van der Waals surface area contributed by atoms with E-state index in [-0.39, 0.29) is 5.91 Å². The van der Waals surface area contributed by atoms with Gasteiger partial charge in [-0.05, 0) is 71.4 Å². The average molecular weight is 335 g/mol. The number of rotatable bonds is 2. The lowest BCUT2D eigenvalue weighted by Gasteiger charge is -2.32. The summed E-state index contributed by atoms with van der Waals surface area (Å²) in [5.41, 5.74) is 0.658. The first-order valence-corrected chi connectivity index (χ1v) is 8.43. The van der Waals surface area contributed by atoms with Crippen molar-refractivity contribution in [2.24, 2.45) is 23.7 Å². The van der Waals surface area contributed by atoms with Gasteiger partial charge in [-0.2, -0.15) is 0 Å². The van der Waals surface area contributed by atoms with E-state index >= 15 is 0 Å². The number of halogens is 1. The molecule has 1 N–H and O–H groups in total. The van der Waals surface area contributed by atoms with E-state index in [1.807, 2.05) is 6.07 Å². The lowest BCUT2D eigenvalue weighted by atomic mass is 9.79. The van der Waals surface area contributed by atoms with Crippen molar-refractivity contribution in [3.8, 4) is 0 Å². The van der Waals surface area contributed by atoms with Crippen molar-refractivity contribution in [3.05, 3.63) is 28.5 Å². The molecule has 0 spiro atoms. The molecule has 2 bridgehead atoms.